The van der Waals surface area contributed by atoms with Gasteiger partial charge in [-0.3, -0.25) is 19.8 Å². The molecule has 7 nitrogen and oxygen atoms in total. The molecule has 2 aromatic rings. The summed E-state index contributed by atoms with van der Waals surface area (Å²) < 4.78 is 0. The predicted octanol–water partition coefficient (Wildman–Crippen LogP) is 5.16. The van der Waals surface area contributed by atoms with Crippen molar-refractivity contribution < 1.29 is 9.72 Å². The summed E-state index contributed by atoms with van der Waals surface area (Å²) in [6.45, 7) is 6.11. The molecule has 4 rings (SSSR count). The topological polar surface area (TPSA) is 113 Å². The van der Waals surface area contributed by atoms with E-state index in [4.69, 9.17) is 5.73 Å². The van der Waals surface area contributed by atoms with Crippen LogP contribution in [0.25, 0.3) is 0 Å². The molecule has 0 spiro atoms. The molecule has 0 saturated carbocycles. The zero-order valence-corrected chi connectivity index (χ0v) is 19.0. The summed E-state index contributed by atoms with van der Waals surface area (Å²) in [4.78, 5) is 28.1. The maximum Gasteiger partial charge on any atom is 0.271 e. The fourth-order valence-corrected chi connectivity index (χ4v) is 5.65. The van der Waals surface area contributed by atoms with Gasteiger partial charge < -0.3 is 5.73 Å². The molecule has 32 heavy (non-hydrogen) atoms. The van der Waals surface area contributed by atoms with E-state index in [9.17, 15) is 20.2 Å². The van der Waals surface area contributed by atoms with E-state index in [1.807, 2.05) is 26.0 Å². The van der Waals surface area contributed by atoms with Gasteiger partial charge in [-0.2, -0.15) is 5.26 Å². The molecule has 8 heteroatoms. The molecule has 0 fully saturated rings. The van der Waals surface area contributed by atoms with Crippen LogP contribution in [0.2, 0.25) is 0 Å². The lowest BCUT2D eigenvalue weighted by Crippen LogP contribution is -2.42. The van der Waals surface area contributed by atoms with Gasteiger partial charge in [0, 0.05) is 39.6 Å². The molecule has 2 aliphatic rings. The fraction of sp³-hybridized carbons (Fsp3) is 0.333. The van der Waals surface area contributed by atoms with Crippen molar-refractivity contribution in [3.63, 3.8) is 0 Å². The first-order valence-corrected chi connectivity index (χ1v) is 11.3. The predicted molar refractivity (Wildman–Crippen MR) is 124 cm³/mol. The Bertz CT molecular complexity index is 1230. The fourth-order valence-electron chi connectivity index (χ4n) is 4.57. The number of hydrogen-bond donors (Lipinski definition) is 1. The number of thiophene rings is 1. The van der Waals surface area contributed by atoms with Crippen molar-refractivity contribution in [3.8, 4) is 6.07 Å². The second-order valence-corrected chi connectivity index (χ2v) is 10.1. The number of nitrogens with two attached hydrogens (primary N) is 1. The highest BCUT2D eigenvalue weighted by Crippen LogP contribution is 2.51. The largest absolute Gasteiger partial charge is 0.384 e. The molecule has 0 saturated heterocycles. The zero-order chi connectivity index (χ0) is 23.2. The molecule has 0 unspecified atom stereocenters. The Hall–Kier alpha value is -3.44. The Morgan fingerprint density at radius 3 is 2.69 bits per heavy atom. The zero-order valence-electron chi connectivity index (χ0n) is 18.2. The molecule has 0 amide bonds. The van der Waals surface area contributed by atoms with E-state index >= 15 is 0 Å². The van der Waals surface area contributed by atoms with Gasteiger partial charge in [-0.25, -0.2) is 0 Å². The molecule has 1 aromatic heterocycles. The minimum absolute atomic E-state index is 0.0108. The maximum atomic E-state index is 13.5. The van der Waals surface area contributed by atoms with Crippen molar-refractivity contribution >= 4 is 28.5 Å². The Morgan fingerprint density at radius 1 is 1.31 bits per heavy atom. The monoisotopic (exact) mass is 448 g/mol. The van der Waals surface area contributed by atoms with Crippen LogP contribution < -0.4 is 10.6 Å². The standard InChI is InChI=1S/C24H24N4O3S/c1-4-16-8-9-20(32-16)21-17(13-25)23(26)27(14-6-5-7-15(10-14)28(30)31)18-11-24(2,3)12-19(29)22(18)21/h5-10,21H,4,11-12,26H2,1-3H3/t21-/m0/s1. The molecular weight excluding hydrogens is 424 g/mol. The van der Waals surface area contributed by atoms with Crippen LogP contribution in [0.4, 0.5) is 11.4 Å². The van der Waals surface area contributed by atoms with Gasteiger partial charge in [-0.1, -0.05) is 26.8 Å². The van der Waals surface area contributed by atoms with Crippen LogP contribution in [0.1, 0.15) is 49.3 Å². The maximum absolute atomic E-state index is 13.5. The van der Waals surface area contributed by atoms with Crippen molar-refractivity contribution in [1.29, 1.82) is 5.26 Å². The smallest absolute Gasteiger partial charge is 0.271 e. The van der Waals surface area contributed by atoms with E-state index in [0.717, 1.165) is 17.0 Å². The molecule has 0 bridgehead atoms. The molecule has 164 valence electrons. The average molecular weight is 449 g/mol. The molecule has 2 heterocycles. The number of non-ortho nitro benzene ring substituents is 1. The summed E-state index contributed by atoms with van der Waals surface area (Å²) in [6, 6.07) is 12.4. The number of ketones is 1. The summed E-state index contributed by atoms with van der Waals surface area (Å²) in [7, 11) is 0. The third-order valence-corrected chi connectivity index (χ3v) is 7.29. The first-order valence-electron chi connectivity index (χ1n) is 10.5. The summed E-state index contributed by atoms with van der Waals surface area (Å²) in [5.41, 5.74) is 8.27. The normalized spacial score (nSPS) is 20.2. The highest BCUT2D eigenvalue weighted by atomic mass is 32.1. The molecule has 0 radical (unpaired) electrons. The number of hydrogen-bond acceptors (Lipinski definition) is 7. The second kappa shape index (κ2) is 7.92. The van der Waals surface area contributed by atoms with Crippen LogP contribution in [0, 0.1) is 26.9 Å². The molecular formula is C24H24N4O3S. The number of allylic oxidation sites excluding steroid dienone is 3. The summed E-state index contributed by atoms with van der Waals surface area (Å²) in [5.74, 6) is -0.309. The number of Topliss-reactive ketones (excluding diaryl/α,β-unsaturated/α-hetero) is 1. The van der Waals surface area contributed by atoms with E-state index in [2.05, 4.69) is 13.0 Å². The minimum atomic E-state index is -0.515. The quantitative estimate of drug-likeness (QED) is 0.510. The second-order valence-electron chi connectivity index (χ2n) is 8.92. The van der Waals surface area contributed by atoms with Crippen molar-refractivity contribution in [2.75, 3.05) is 4.90 Å². The number of anilines is 1. The molecule has 1 atom stereocenters. The summed E-state index contributed by atoms with van der Waals surface area (Å²) in [5, 5.41) is 21.5. The van der Waals surface area contributed by atoms with Crippen molar-refractivity contribution in [3.05, 3.63) is 78.9 Å². The van der Waals surface area contributed by atoms with E-state index in [0.29, 0.717) is 29.7 Å². The van der Waals surface area contributed by atoms with Gasteiger partial charge in [-0.15, -0.1) is 11.3 Å². The molecule has 1 aromatic carbocycles. The van der Waals surface area contributed by atoms with Crippen LogP contribution in [0.3, 0.4) is 0 Å². The number of nitriles is 1. The van der Waals surface area contributed by atoms with Gasteiger partial charge in [0.25, 0.3) is 5.69 Å². The number of carbonyl (C=O) groups is 1. The lowest BCUT2D eigenvalue weighted by Gasteiger charge is -2.43. The van der Waals surface area contributed by atoms with Gasteiger partial charge in [0.1, 0.15) is 5.82 Å². The Labute approximate surface area is 190 Å². The number of nitro benzene ring substituents is 1. The van der Waals surface area contributed by atoms with E-state index in [1.54, 1.807) is 28.4 Å². The van der Waals surface area contributed by atoms with Gasteiger partial charge >= 0.3 is 0 Å². The van der Waals surface area contributed by atoms with E-state index in [-0.39, 0.29) is 22.7 Å². The number of benzene rings is 1. The summed E-state index contributed by atoms with van der Waals surface area (Å²) >= 11 is 1.59. The van der Waals surface area contributed by atoms with Gasteiger partial charge in [0.2, 0.25) is 0 Å². The minimum Gasteiger partial charge on any atom is -0.384 e. The van der Waals surface area contributed by atoms with Crippen LogP contribution >= 0.6 is 11.3 Å². The van der Waals surface area contributed by atoms with Crippen LogP contribution in [0.15, 0.2) is 59.1 Å². The first-order chi connectivity index (χ1) is 15.2. The van der Waals surface area contributed by atoms with Gasteiger partial charge in [0.15, 0.2) is 5.78 Å². The van der Waals surface area contributed by atoms with E-state index < -0.39 is 10.8 Å². The average Bonchev–Trinajstić information content (AvgIpc) is 3.21. The first kappa shape index (κ1) is 21.8. The Kier molecular flexibility index (Phi) is 5.39. The van der Waals surface area contributed by atoms with Gasteiger partial charge in [-0.05, 0) is 36.5 Å². The lowest BCUT2D eigenvalue weighted by molar-refractivity contribution is -0.384. The molecule has 1 aliphatic carbocycles. The lowest BCUT2D eigenvalue weighted by atomic mass is 9.69. The van der Waals surface area contributed by atoms with Crippen molar-refractivity contribution in [2.24, 2.45) is 11.1 Å². The van der Waals surface area contributed by atoms with E-state index in [1.165, 1.54) is 17.0 Å². The number of nitro groups is 1. The number of nitrogens with zero attached hydrogens (tertiary/aromatic N) is 3. The van der Waals surface area contributed by atoms with Crippen LogP contribution in [-0.4, -0.2) is 10.7 Å². The van der Waals surface area contributed by atoms with Crippen molar-refractivity contribution in [1.82, 2.24) is 0 Å². The number of carbonyl (C=O) groups excluding carboxylic acids is 1. The number of rotatable bonds is 4. The highest BCUT2D eigenvalue weighted by molar-refractivity contribution is 7.12. The number of aryl methyl sites for hydroxylation is 1. The SMILES string of the molecule is CCc1ccc([C@@H]2C(C#N)=C(N)N(c3cccc([N+](=O)[O-])c3)C3=C2C(=O)CC(C)(C)C3)s1. The van der Waals surface area contributed by atoms with Gasteiger partial charge in [0.05, 0.1) is 28.2 Å². The third-order valence-electron chi connectivity index (χ3n) is 6.00. The third kappa shape index (κ3) is 3.59. The van der Waals surface area contributed by atoms with Crippen molar-refractivity contribution in [2.45, 2.75) is 46.0 Å². The highest BCUT2D eigenvalue weighted by Gasteiger charge is 2.45. The Morgan fingerprint density at radius 2 is 2.06 bits per heavy atom. The van der Waals surface area contributed by atoms with Crippen LogP contribution in [0.5, 0.6) is 0 Å². The van der Waals surface area contributed by atoms with Crippen LogP contribution in [-0.2, 0) is 11.2 Å². The molecule has 1 aliphatic heterocycles. The Balaban J connectivity index is 1.98. The molecule has 2 N–H and O–H groups in total. The summed E-state index contributed by atoms with van der Waals surface area (Å²) in [6.07, 6.45) is 1.81.